The summed E-state index contributed by atoms with van der Waals surface area (Å²) in [6.45, 7) is 0. The fraction of sp³-hybridized carbons (Fsp3) is 0.233. The van der Waals surface area contributed by atoms with Crippen molar-refractivity contribution >= 4 is 28.0 Å². The van der Waals surface area contributed by atoms with Gasteiger partial charge in [0.05, 0.1) is 44.5 Å². The molecule has 0 saturated carbocycles. The van der Waals surface area contributed by atoms with Gasteiger partial charge in [0, 0.05) is 69.7 Å². The van der Waals surface area contributed by atoms with Gasteiger partial charge in [-0.05, 0) is 91.4 Å². The number of halogens is 24. The fourth-order valence-corrected chi connectivity index (χ4v) is 10.4. The molecule has 0 spiro atoms. The number of rotatable bonds is 10. The maximum Gasteiger partial charge on any atom is 0.416 e. The normalized spacial score (nSPS) is 14.5. The zero-order valence-electron chi connectivity index (χ0n) is 47.0. The second-order valence-corrected chi connectivity index (χ2v) is 20.7. The zero-order valence-corrected chi connectivity index (χ0v) is 49.4. The van der Waals surface area contributed by atoms with Crippen LogP contribution in [0.3, 0.4) is 0 Å². The molecule has 94 heavy (non-hydrogen) atoms. The third kappa shape index (κ3) is 17.2. The molecule has 4 heterocycles. The van der Waals surface area contributed by atoms with Gasteiger partial charge >= 0.3 is 49.4 Å². The molecule has 1 radical (unpaired) electrons. The maximum absolute atomic E-state index is 14.2. The van der Waals surface area contributed by atoms with Crippen LogP contribution in [0.15, 0.2) is 195 Å². The van der Waals surface area contributed by atoms with Crippen molar-refractivity contribution in [1.82, 2.24) is 39.1 Å². The van der Waals surface area contributed by atoms with E-state index in [0.29, 0.717) is 0 Å². The van der Waals surface area contributed by atoms with Crippen molar-refractivity contribution < 1.29 is 125 Å². The number of hydrogen-bond donors (Lipinski definition) is 0. The summed E-state index contributed by atoms with van der Waals surface area (Å²) in [6.07, 6.45) is -26.3. The van der Waals surface area contributed by atoms with Crippen LogP contribution in [-0.4, -0.2) is 45.3 Å². The Morgan fingerprint density at radius 1 is 0.277 bits per heavy atom. The van der Waals surface area contributed by atoms with Crippen molar-refractivity contribution in [2.24, 2.45) is 0 Å². The molecular formula is C60H42BF24IrN8-. The third-order valence-electron chi connectivity index (χ3n) is 14.4. The van der Waals surface area contributed by atoms with Crippen molar-refractivity contribution in [1.29, 1.82) is 0 Å². The Balaban J connectivity index is 0.000000275. The summed E-state index contributed by atoms with van der Waals surface area (Å²) in [7, 11) is 0. The van der Waals surface area contributed by atoms with Gasteiger partial charge < -0.3 is 0 Å². The van der Waals surface area contributed by atoms with Crippen molar-refractivity contribution in [2.45, 2.75) is 87.4 Å². The van der Waals surface area contributed by atoms with Gasteiger partial charge in [-0.1, -0.05) is 91.0 Å². The molecule has 0 fully saturated rings. The number of nitrogens with zero attached hydrogens (tertiary/aromatic N) is 8. The Labute approximate surface area is 529 Å². The maximum atomic E-state index is 14.2. The first-order chi connectivity index (χ1) is 43.2. The molecule has 9 aromatic rings. The number of hydrogen-bond acceptors (Lipinski definition) is 4. The van der Waals surface area contributed by atoms with Crippen LogP contribution in [0.2, 0.25) is 0 Å². The summed E-state index contributed by atoms with van der Waals surface area (Å²) in [4.78, 5) is 0. The molecule has 0 bridgehead atoms. The second kappa shape index (κ2) is 27.8. The van der Waals surface area contributed by atoms with E-state index in [9.17, 15) is 105 Å². The SMILES string of the molecule is C1=C\CC/C=C\CC/1.FC(F)(F)c1cc([B-](c2cc(C(F)(F)F)cc(C(F)(F)F)c2)(c2cc(C(F)(F)F)cc(C(F)(F)F)c2)c2cc(C(F)(F)F)cc(C(F)(F)F)c2)cc(C(F)(F)F)c1.[Ir].c1cc(C(n2cccn2)n2cccn2)cc(C(n2cccn2)n2cccn2)c1. The first kappa shape index (κ1) is 72.9. The molecule has 4 aromatic heterocycles. The summed E-state index contributed by atoms with van der Waals surface area (Å²) in [6, 6.07) is 7.21. The molecule has 503 valence electrons. The van der Waals surface area contributed by atoms with Crippen LogP contribution >= 0.6 is 0 Å². The zero-order chi connectivity index (χ0) is 68.3. The van der Waals surface area contributed by atoms with E-state index in [1.54, 1.807) is 24.8 Å². The number of alkyl halides is 24. The summed E-state index contributed by atoms with van der Waals surface area (Å²) in [5.41, 5.74) is -28.1. The molecule has 1 aliphatic carbocycles. The van der Waals surface area contributed by atoms with Crippen LogP contribution in [0.5, 0.6) is 0 Å². The van der Waals surface area contributed by atoms with Gasteiger partial charge in [-0.2, -0.15) is 148 Å². The van der Waals surface area contributed by atoms with Gasteiger partial charge in [0.25, 0.3) is 0 Å². The van der Waals surface area contributed by atoms with Gasteiger partial charge in [0.15, 0.2) is 12.3 Å². The molecule has 0 aliphatic heterocycles. The van der Waals surface area contributed by atoms with Gasteiger partial charge in [0.2, 0.25) is 0 Å². The van der Waals surface area contributed by atoms with Crippen molar-refractivity contribution in [3.05, 3.63) is 251 Å². The van der Waals surface area contributed by atoms with E-state index >= 15 is 0 Å². The van der Waals surface area contributed by atoms with E-state index in [1.165, 1.54) is 25.7 Å². The molecule has 34 heteroatoms. The van der Waals surface area contributed by atoms with Crippen molar-refractivity contribution in [2.75, 3.05) is 0 Å². The van der Waals surface area contributed by atoms with Crippen LogP contribution in [-0.2, 0) is 69.5 Å². The predicted octanol–water partition coefficient (Wildman–Crippen LogP) is 16.5. The standard InChI is InChI=1S/C32H12BF24.C20H18N8.C8H12.Ir/c34-25(35,36)13-1-14(26(37,38)39)6-21(5-13)33(22-7-15(27(40,41)42)2-16(8-22)28(43,44)45,23-9-17(29(46,47)48)3-18(10-23)30(49,50)51)24-11-19(31(52,53)54)4-20(12-24)32(55,56)57;1-6-17(19(25-12-2-8-21-25)26-13-3-9-22-26)16-18(7-1)20(27-14-4-10-23-27)28-15-5-11-24-28;1-2-4-6-8-7-5-3-1;/h1-12H;1-16,19-20H;1-2,7-8H,3-6H2;/q-1;;;/b;;2-1-,8-7-;. The molecule has 0 unspecified atom stereocenters. The van der Waals surface area contributed by atoms with Gasteiger partial charge in [-0.3, -0.25) is 0 Å². The molecule has 0 atom stereocenters. The molecule has 0 amide bonds. The summed E-state index contributed by atoms with van der Waals surface area (Å²) in [5.74, 6) is 0. The molecule has 8 nitrogen and oxygen atoms in total. The third-order valence-corrected chi connectivity index (χ3v) is 14.4. The number of allylic oxidation sites excluding steroid dienone is 4. The summed E-state index contributed by atoms with van der Waals surface area (Å²) in [5, 5.41) is 17.8. The minimum Gasteiger partial charge on any atom is -0.244 e. The Morgan fingerprint density at radius 2 is 0.468 bits per heavy atom. The van der Waals surface area contributed by atoms with E-state index < -0.39 is 195 Å². The van der Waals surface area contributed by atoms with E-state index in [1.807, 2.05) is 73.8 Å². The Bertz CT molecular complexity index is 3390. The summed E-state index contributed by atoms with van der Waals surface area (Å²) >= 11 is 0. The Hall–Kier alpha value is -8.55. The fourth-order valence-electron chi connectivity index (χ4n) is 10.4. The van der Waals surface area contributed by atoms with Crippen LogP contribution in [0, 0.1) is 0 Å². The Morgan fingerprint density at radius 3 is 0.628 bits per heavy atom. The van der Waals surface area contributed by atoms with Crippen LogP contribution in [0.1, 0.15) is 93.6 Å². The molecule has 0 saturated heterocycles. The van der Waals surface area contributed by atoms with Crippen LogP contribution < -0.4 is 21.9 Å². The van der Waals surface area contributed by atoms with Crippen LogP contribution in [0.4, 0.5) is 105 Å². The number of aromatic nitrogens is 8. The molecule has 5 aromatic carbocycles. The molecular weight excluding hydrogens is 1490 g/mol. The molecule has 1 aliphatic rings. The van der Waals surface area contributed by atoms with Gasteiger partial charge in [-0.15, -0.1) is 0 Å². The quantitative estimate of drug-likeness (QED) is 0.0777. The monoisotopic (exact) mass is 1530 g/mol. The largest absolute Gasteiger partial charge is 0.416 e. The minimum absolute atomic E-state index is 0. The average molecular weight is 1530 g/mol. The van der Waals surface area contributed by atoms with Crippen molar-refractivity contribution in [3.63, 3.8) is 0 Å². The van der Waals surface area contributed by atoms with E-state index in [0.717, 1.165) is 11.1 Å². The average Bonchev–Trinajstić information content (AvgIpc) is 0.845. The van der Waals surface area contributed by atoms with Crippen LogP contribution in [0.25, 0.3) is 0 Å². The minimum atomic E-state index is -6.13. The smallest absolute Gasteiger partial charge is 0.244 e. The number of benzene rings is 5. The predicted molar refractivity (Wildman–Crippen MR) is 289 cm³/mol. The van der Waals surface area contributed by atoms with Gasteiger partial charge in [-0.25, -0.2) is 18.7 Å². The molecule has 0 N–H and O–H groups in total. The van der Waals surface area contributed by atoms with E-state index in [2.05, 4.69) is 62.9 Å². The van der Waals surface area contributed by atoms with Crippen molar-refractivity contribution in [3.8, 4) is 0 Å². The van der Waals surface area contributed by atoms with E-state index in [-0.39, 0.29) is 32.4 Å². The first-order valence-electron chi connectivity index (χ1n) is 26.9. The second-order valence-electron chi connectivity index (χ2n) is 20.7. The Kier molecular flexibility index (Phi) is 21.6. The van der Waals surface area contributed by atoms with E-state index in [4.69, 9.17) is 0 Å². The molecule has 10 rings (SSSR count). The van der Waals surface area contributed by atoms with Gasteiger partial charge in [0.1, 0.15) is 6.15 Å². The first-order valence-corrected chi connectivity index (χ1v) is 26.9. The topological polar surface area (TPSA) is 71.3 Å². The summed E-state index contributed by atoms with van der Waals surface area (Å²) < 4.78 is 348.